The lowest BCUT2D eigenvalue weighted by atomic mass is 10.2. The third-order valence-electron chi connectivity index (χ3n) is 4.43. The van der Waals surface area contributed by atoms with Gasteiger partial charge in [-0.2, -0.15) is 0 Å². The normalized spacial score (nSPS) is 10.5. The van der Waals surface area contributed by atoms with Crippen molar-refractivity contribution in [2.24, 2.45) is 0 Å². The Labute approximate surface area is 164 Å². The molecule has 0 fully saturated rings. The number of para-hydroxylation sites is 1. The molecular weight excluding hydrogens is 352 g/mol. The number of benzene rings is 2. The topological polar surface area (TPSA) is 67.2 Å². The lowest BCUT2D eigenvalue weighted by Gasteiger charge is -2.19. The highest BCUT2D eigenvalue weighted by atomic mass is 16.2. The van der Waals surface area contributed by atoms with E-state index >= 15 is 0 Å². The standard InChI is InChI=1S/C22H24N4O2/c1-3-21(28)25(4-2)16-20(27)24-22-23-19(17-11-7-5-8-12-17)15-26(22)18-13-9-6-10-14-18/h5-15H,3-4,16H2,1-2H3,(H,23,24,27). The molecule has 3 rings (SSSR count). The minimum absolute atomic E-state index is 0.00545. The fraction of sp³-hybridized carbons (Fsp3) is 0.227. The summed E-state index contributed by atoms with van der Waals surface area (Å²) in [5, 5.41) is 2.86. The first kappa shape index (κ1) is 19.4. The molecule has 2 aromatic carbocycles. The van der Waals surface area contributed by atoms with Crippen LogP contribution in [0, 0.1) is 0 Å². The van der Waals surface area contributed by atoms with Crippen molar-refractivity contribution in [3.63, 3.8) is 0 Å². The zero-order valence-electron chi connectivity index (χ0n) is 16.1. The van der Waals surface area contributed by atoms with Crippen LogP contribution in [0.5, 0.6) is 0 Å². The average molecular weight is 376 g/mol. The predicted octanol–water partition coefficient (Wildman–Crippen LogP) is 3.74. The molecule has 1 heterocycles. The minimum Gasteiger partial charge on any atom is -0.334 e. The van der Waals surface area contributed by atoms with E-state index in [1.165, 1.54) is 4.90 Å². The predicted molar refractivity (Wildman–Crippen MR) is 110 cm³/mol. The summed E-state index contributed by atoms with van der Waals surface area (Å²) >= 11 is 0. The van der Waals surface area contributed by atoms with E-state index in [0.717, 1.165) is 16.9 Å². The van der Waals surface area contributed by atoms with Gasteiger partial charge >= 0.3 is 0 Å². The highest BCUT2D eigenvalue weighted by Crippen LogP contribution is 2.24. The molecule has 6 nitrogen and oxygen atoms in total. The Morgan fingerprint density at radius 3 is 2.25 bits per heavy atom. The van der Waals surface area contributed by atoms with Crippen LogP contribution in [-0.4, -0.2) is 39.4 Å². The average Bonchev–Trinajstić information content (AvgIpc) is 3.16. The molecule has 0 aliphatic heterocycles. The van der Waals surface area contributed by atoms with Crippen molar-refractivity contribution >= 4 is 17.8 Å². The van der Waals surface area contributed by atoms with Crippen LogP contribution < -0.4 is 5.32 Å². The third kappa shape index (κ3) is 4.46. The first-order chi connectivity index (χ1) is 13.6. The largest absolute Gasteiger partial charge is 0.334 e. The highest BCUT2D eigenvalue weighted by molar-refractivity contribution is 5.93. The molecule has 3 aromatic rings. The summed E-state index contributed by atoms with van der Waals surface area (Å²) in [6.07, 6.45) is 2.27. The van der Waals surface area contributed by atoms with Crippen LogP contribution in [0.1, 0.15) is 20.3 Å². The Bertz CT molecular complexity index is 936. The molecule has 0 aliphatic rings. The van der Waals surface area contributed by atoms with E-state index in [1.807, 2.05) is 78.4 Å². The maximum atomic E-state index is 12.6. The van der Waals surface area contributed by atoms with Gasteiger partial charge in [0, 0.05) is 30.4 Å². The van der Waals surface area contributed by atoms with Crippen molar-refractivity contribution < 1.29 is 9.59 Å². The van der Waals surface area contributed by atoms with Crippen LogP contribution in [0.2, 0.25) is 0 Å². The maximum absolute atomic E-state index is 12.6. The zero-order chi connectivity index (χ0) is 19.9. The van der Waals surface area contributed by atoms with Gasteiger partial charge in [0.25, 0.3) is 0 Å². The molecule has 0 bridgehead atoms. The number of nitrogens with one attached hydrogen (secondary N) is 1. The molecule has 144 valence electrons. The van der Waals surface area contributed by atoms with E-state index in [9.17, 15) is 9.59 Å². The van der Waals surface area contributed by atoms with Gasteiger partial charge in [0.2, 0.25) is 17.8 Å². The van der Waals surface area contributed by atoms with Crippen LogP contribution in [-0.2, 0) is 9.59 Å². The summed E-state index contributed by atoms with van der Waals surface area (Å²) in [6.45, 7) is 4.14. The van der Waals surface area contributed by atoms with E-state index in [4.69, 9.17) is 0 Å². The number of hydrogen-bond acceptors (Lipinski definition) is 3. The number of anilines is 1. The van der Waals surface area contributed by atoms with E-state index in [1.54, 1.807) is 6.92 Å². The van der Waals surface area contributed by atoms with Gasteiger partial charge in [0.15, 0.2) is 0 Å². The Kier molecular flexibility index (Phi) is 6.22. The van der Waals surface area contributed by atoms with Crippen molar-refractivity contribution in [1.29, 1.82) is 0 Å². The molecule has 0 radical (unpaired) electrons. The van der Waals surface area contributed by atoms with Crippen LogP contribution in [0.4, 0.5) is 5.95 Å². The van der Waals surface area contributed by atoms with Crippen molar-refractivity contribution in [3.8, 4) is 16.9 Å². The quantitative estimate of drug-likeness (QED) is 0.683. The van der Waals surface area contributed by atoms with Crippen LogP contribution in [0.15, 0.2) is 66.9 Å². The Morgan fingerprint density at radius 1 is 1.00 bits per heavy atom. The van der Waals surface area contributed by atoms with Crippen molar-refractivity contribution in [1.82, 2.24) is 14.5 Å². The summed E-state index contributed by atoms with van der Waals surface area (Å²) in [4.78, 5) is 30.7. The first-order valence-corrected chi connectivity index (χ1v) is 9.40. The zero-order valence-corrected chi connectivity index (χ0v) is 16.1. The van der Waals surface area contributed by atoms with Crippen LogP contribution >= 0.6 is 0 Å². The van der Waals surface area contributed by atoms with E-state index in [0.29, 0.717) is 18.9 Å². The molecule has 6 heteroatoms. The van der Waals surface area contributed by atoms with Crippen LogP contribution in [0.25, 0.3) is 16.9 Å². The van der Waals surface area contributed by atoms with Gasteiger partial charge in [-0.25, -0.2) is 4.98 Å². The molecule has 0 aliphatic carbocycles. The molecule has 28 heavy (non-hydrogen) atoms. The fourth-order valence-corrected chi connectivity index (χ4v) is 2.94. The van der Waals surface area contributed by atoms with Crippen molar-refractivity contribution in [3.05, 3.63) is 66.9 Å². The summed E-state index contributed by atoms with van der Waals surface area (Å²) < 4.78 is 1.85. The number of rotatable bonds is 7. The first-order valence-electron chi connectivity index (χ1n) is 9.40. The van der Waals surface area contributed by atoms with E-state index in [-0.39, 0.29) is 18.4 Å². The van der Waals surface area contributed by atoms with E-state index in [2.05, 4.69) is 10.3 Å². The van der Waals surface area contributed by atoms with Gasteiger partial charge in [-0.15, -0.1) is 0 Å². The summed E-state index contributed by atoms with van der Waals surface area (Å²) in [5.74, 6) is 0.107. The minimum atomic E-state index is -0.272. The molecule has 2 amide bonds. The van der Waals surface area contributed by atoms with Crippen molar-refractivity contribution in [2.45, 2.75) is 20.3 Å². The number of hydrogen-bond donors (Lipinski definition) is 1. The number of imidazole rings is 1. The van der Waals surface area contributed by atoms with E-state index < -0.39 is 0 Å². The van der Waals surface area contributed by atoms with Crippen molar-refractivity contribution in [2.75, 3.05) is 18.4 Å². The summed E-state index contributed by atoms with van der Waals surface area (Å²) in [6, 6.07) is 19.5. The third-order valence-corrected chi connectivity index (χ3v) is 4.43. The molecule has 1 aromatic heterocycles. The highest BCUT2D eigenvalue weighted by Gasteiger charge is 2.17. The van der Waals surface area contributed by atoms with Gasteiger partial charge in [-0.1, -0.05) is 55.5 Å². The lowest BCUT2D eigenvalue weighted by Crippen LogP contribution is -2.37. The number of likely N-dealkylation sites (N-methyl/N-ethyl adjacent to an activating group) is 1. The lowest BCUT2D eigenvalue weighted by molar-refractivity contribution is -0.134. The molecule has 0 unspecified atom stereocenters. The van der Waals surface area contributed by atoms with Gasteiger partial charge in [-0.05, 0) is 19.1 Å². The molecular formula is C22H24N4O2. The van der Waals surface area contributed by atoms with Gasteiger partial charge < -0.3 is 4.90 Å². The van der Waals surface area contributed by atoms with Gasteiger partial charge in [0.05, 0.1) is 12.2 Å². The summed E-state index contributed by atoms with van der Waals surface area (Å²) in [7, 11) is 0. The number of aromatic nitrogens is 2. The molecule has 0 saturated carbocycles. The number of amides is 2. The molecule has 1 N–H and O–H groups in total. The molecule has 0 spiro atoms. The second-order valence-corrected chi connectivity index (χ2v) is 6.33. The maximum Gasteiger partial charge on any atom is 0.246 e. The SMILES string of the molecule is CCC(=O)N(CC)CC(=O)Nc1nc(-c2ccccc2)cn1-c1ccccc1. The molecule has 0 saturated heterocycles. The Morgan fingerprint density at radius 2 is 1.64 bits per heavy atom. The number of carbonyl (C=O) groups excluding carboxylic acids is 2. The van der Waals surface area contributed by atoms with Gasteiger partial charge in [0.1, 0.15) is 0 Å². The van der Waals surface area contributed by atoms with Crippen LogP contribution in [0.3, 0.4) is 0 Å². The number of nitrogens with zero attached hydrogens (tertiary/aromatic N) is 3. The smallest absolute Gasteiger partial charge is 0.246 e. The Balaban J connectivity index is 1.89. The monoisotopic (exact) mass is 376 g/mol. The molecule has 0 atom stereocenters. The summed E-state index contributed by atoms with van der Waals surface area (Å²) in [5.41, 5.74) is 2.62. The Hall–Kier alpha value is -3.41. The van der Waals surface area contributed by atoms with Gasteiger partial charge in [-0.3, -0.25) is 19.5 Å². The number of carbonyl (C=O) groups is 2. The fourth-order valence-electron chi connectivity index (χ4n) is 2.94. The second-order valence-electron chi connectivity index (χ2n) is 6.33. The second kappa shape index (κ2) is 8.99.